The first-order valence-electron chi connectivity index (χ1n) is 4.27. The van der Waals surface area contributed by atoms with Gasteiger partial charge in [0.25, 0.3) is 0 Å². The van der Waals surface area contributed by atoms with Crippen molar-refractivity contribution in [1.82, 2.24) is 4.98 Å². The normalized spacial score (nSPS) is 10.0. The first-order valence-corrected chi connectivity index (χ1v) is 5.66. The number of carbonyl (C=O) groups is 1. The smallest absolute Gasteiger partial charge is 0.339 e. The molecule has 1 aromatic heterocycles. The van der Waals surface area contributed by atoms with Gasteiger partial charge in [0.2, 0.25) is 0 Å². The van der Waals surface area contributed by atoms with E-state index in [1.165, 1.54) is 0 Å². The first kappa shape index (κ1) is 11.8. The average molecular weight is 230 g/mol. The van der Waals surface area contributed by atoms with Crippen LogP contribution in [0.15, 0.2) is 12.3 Å². The van der Waals surface area contributed by atoms with E-state index in [0.717, 1.165) is 18.0 Å². The van der Waals surface area contributed by atoms with Crippen LogP contribution in [-0.2, 0) is 0 Å². The Morgan fingerprint density at radius 3 is 3.07 bits per heavy atom. The summed E-state index contributed by atoms with van der Waals surface area (Å²) in [4.78, 5) is 14.4. The number of rotatable bonds is 5. The Morgan fingerprint density at radius 2 is 2.47 bits per heavy atom. The molecule has 1 rings (SSSR count). The van der Waals surface area contributed by atoms with E-state index in [1.54, 1.807) is 11.8 Å². The van der Waals surface area contributed by atoms with Gasteiger partial charge in [-0.3, -0.25) is 0 Å². The first-order chi connectivity index (χ1) is 7.15. The number of hydrogen-bond donors (Lipinski definition) is 2. The summed E-state index contributed by atoms with van der Waals surface area (Å²) in [6, 6.07) is 0.955. The van der Waals surface area contributed by atoms with Crippen LogP contribution >= 0.6 is 11.8 Å². The molecular weight excluding hydrogens is 219 g/mol. The van der Waals surface area contributed by atoms with Gasteiger partial charge in [-0.2, -0.15) is 11.8 Å². The van der Waals surface area contributed by atoms with Crippen molar-refractivity contribution in [1.29, 1.82) is 0 Å². The second kappa shape index (κ2) is 5.55. The zero-order valence-electron chi connectivity index (χ0n) is 8.16. The lowest BCUT2D eigenvalue weighted by atomic mass is 10.2. The SMILES string of the molecule is CSCCNc1ncc(F)cc1C(=O)O. The molecule has 0 bridgehead atoms. The van der Waals surface area contributed by atoms with Gasteiger partial charge in [-0.15, -0.1) is 0 Å². The van der Waals surface area contributed by atoms with Crippen LogP contribution in [-0.4, -0.2) is 34.6 Å². The number of halogens is 1. The van der Waals surface area contributed by atoms with Gasteiger partial charge in [0.15, 0.2) is 0 Å². The van der Waals surface area contributed by atoms with Crippen molar-refractivity contribution in [2.75, 3.05) is 23.9 Å². The van der Waals surface area contributed by atoms with E-state index in [0.29, 0.717) is 6.54 Å². The minimum absolute atomic E-state index is 0.142. The predicted octanol–water partition coefficient (Wildman–Crippen LogP) is 1.69. The van der Waals surface area contributed by atoms with Crippen LogP contribution in [0.2, 0.25) is 0 Å². The Balaban J connectivity index is 2.81. The van der Waals surface area contributed by atoms with Crippen molar-refractivity contribution in [3.63, 3.8) is 0 Å². The molecule has 0 saturated heterocycles. The lowest BCUT2D eigenvalue weighted by Crippen LogP contribution is -2.11. The molecule has 0 spiro atoms. The summed E-state index contributed by atoms with van der Waals surface area (Å²) in [5.41, 5.74) is -0.142. The molecule has 0 unspecified atom stereocenters. The minimum atomic E-state index is -1.19. The third-order valence-electron chi connectivity index (χ3n) is 1.68. The predicted molar refractivity (Wildman–Crippen MR) is 58.0 cm³/mol. The van der Waals surface area contributed by atoms with Crippen molar-refractivity contribution in [3.05, 3.63) is 23.6 Å². The Kier molecular flexibility index (Phi) is 4.36. The Bertz CT molecular complexity index is 360. The number of aromatic carboxylic acids is 1. The zero-order valence-corrected chi connectivity index (χ0v) is 8.97. The number of aromatic nitrogens is 1. The second-order valence-electron chi connectivity index (χ2n) is 2.77. The highest BCUT2D eigenvalue weighted by Crippen LogP contribution is 2.13. The lowest BCUT2D eigenvalue weighted by molar-refractivity contribution is 0.0697. The molecular formula is C9H11FN2O2S. The molecule has 4 nitrogen and oxygen atoms in total. The van der Waals surface area contributed by atoms with Crippen molar-refractivity contribution in [2.45, 2.75) is 0 Å². The molecule has 0 amide bonds. The van der Waals surface area contributed by atoms with Gasteiger partial charge in [-0.05, 0) is 12.3 Å². The van der Waals surface area contributed by atoms with Gasteiger partial charge < -0.3 is 10.4 Å². The molecule has 0 aliphatic carbocycles. The number of carboxylic acid groups (broad SMARTS) is 1. The van der Waals surface area contributed by atoms with E-state index >= 15 is 0 Å². The standard InChI is InChI=1S/C9H11FN2O2S/c1-15-3-2-11-8-7(9(13)14)4-6(10)5-12-8/h4-5H,2-3H2,1H3,(H,11,12)(H,13,14). The molecule has 0 aliphatic heterocycles. The maximum absolute atomic E-state index is 12.7. The van der Waals surface area contributed by atoms with E-state index in [4.69, 9.17) is 5.11 Å². The molecule has 1 heterocycles. The highest BCUT2D eigenvalue weighted by molar-refractivity contribution is 7.98. The van der Waals surface area contributed by atoms with E-state index < -0.39 is 11.8 Å². The monoisotopic (exact) mass is 230 g/mol. The van der Waals surface area contributed by atoms with Crippen molar-refractivity contribution >= 4 is 23.5 Å². The summed E-state index contributed by atoms with van der Waals surface area (Å²) in [7, 11) is 0. The van der Waals surface area contributed by atoms with Crippen LogP contribution in [0, 0.1) is 5.82 Å². The number of pyridine rings is 1. The summed E-state index contributed by atoms with van der Waals surface area (Å²) in [5.74, 6) is -0.799. The number of nitrogens with one attached hydrogen (secondary N) is 1. The molecule has 0 saturated carbocycles. The fourth-order valence-corrected chi connectivity index (χ4v) is 1.32. The molecule has 0 aliphatic rings. The topological polar surface area (TPSA) is 62.2 Å². The average Bonchev–Trinajstić information content (AvgIpc) is 2.20. The fourth-order valence-electron chi connectivity index (χ4n) is 1.01. The third kappa shape index (κ3) is 3.39. The largest absolute Gasteiger partial charge is 0.478 e. The fraction of sp³-hybridized carbons (Fsp3) is 0.333. The number of carboxylic acids is 1. The molecule has 0 aromatic carbocycles. The van der Waals surface area contributed by atoms with Gasteiger partial charge in [0.05, 0.1) is 6.20 Å². The lowest BCUT2D eigenvalue weighted by Gasteiger charge is -2.07. The summed E-state index contributed by atoms with van der Waals surface area (Å²) in [5, 5.41) is 11.6. The minimum Gasteiger partial charge on any atom is -0.478 e. The highest BCUT2D eigenvalue weighted by atomic mass is 32.2. The van der Waals surface area contributed by atoms with Gasteiger partial charge in [0, 0.05) is 12.3 Å². The van der Waals surface area contributed by atoms with E-state index in [1.807, 2.05) is 6.26 Å². The van der Waals surface area contributed by atoms with Crippen LogP contribution in [0.25, 0.3) is 0 Å². The van der Waals surface area contributed by atoms with Gasteiger partial charge in [-0.25, -0.2) is 14.2 Å². The number of anilines is 1. The number of nitrogens with zero attached hydrogens (tertiary/aromatic N) is 1. The molecule has 2 N–H and O–H groups in total. The molecule has 6 heteroatoms. The van der Waals surface area contributed by atoms with Gasteiger partial charge >= 0.3 is 5.97 Å². The summed E-state index contributed by atoms with van der Waals surface area (Å²) in [6.45, 7) is 0.597. The van der Waals surface area contributed by atoms with Crippen molar-refractivity contribution in [2.24, 2.45) is 0 Å². The number of hydrogen-bond acceptors (Lipinski definition) is 4. The van der Waals surface area contributed by atoms with Crippen molar-refractivity contribution in [3.8, 4) is 0 Å². The van der Waals surface area contributed by atoms with Gasteiger partial charge in [0.1, 0.15) is 17.2 Å². The maximum Gasteiger partial charge on any atom is 0.339 e. The van der Waals surface area contributed by atoms with Crippen LogP contribution < -0.4 is 5.32 Å². The molecule has 82 valence electrons. The molecule has 0 fully saturated rings. The molecule has 1 aromatic rings. The zero-order chi connectivity index (χ0) is 11.3. The maximum atomic E-state index is 12.7. The highest BCUT2D eigenvalue weighted by Gasteiger charge is 2.11. The Labute approximate surface area is 90.9 Å². The summed E-state index contributed by atoms with van der Waals surface area (Å²) < 4.78 is 12.7. The van der Waals surface area contributed by atoms with Crippen LogP contribution in [0.1, 0.15) is 10.4 Å². The van der Waals surface area contributed by atoms with Crippen LogP contribution in [0.5, 0.6) is 0 Å². The Hall–Kier alpha value is -1.30. The molecule has 0 radical (unpaired) electrons. The summed E-state index contributed by atoms with van der Waals surface area (Å²) >= 11 is 1.63. The number of thioether (sulfide) groups is 1. The molecule has 0 atom stereocenters. The summed E-state index contributed by atoms with van der Waals surface area (Å²) in [6.07, 6.45) is 2.94. The van der Waals surface area contributed by atoms with Crippen molar-refractivity contribution < 1.29 is 14.3 Å². The Morgan fingerprint density at radius 1 is 1.73 bits per heavy atom. The van der Waals surface area contributed by atoms with E-state index in [-0.39, 0.29) is 11.4 Å². The van der Waals surface area contributed by atoms with Crippen LogP contribution in [0.3, 0.4) is 0 Å². The van der Waals surface area contributed by atoms with Gasteiger partial charge in [-0.1, -0.05) is 0 Å². The third-order valence-corrected chi connectivity index (χ3v) is 2.30. The van der Waals surface area contributed by atoms with E-state index in [2.05, 4.69) is 10.3 Å². The quantitative estimate of drug-likeness (QED) is 0.754. The second-order valence-corrected chi connectivity index (χ2v) is 3.76. The van der Waals surface area contributed by atoms with E-state index in [9.17, 15) is 9.18 Å². The van der Waals surface area contributed by atoms with Crippen LogP contribution in [0.4, 0.5) is 10.2 Å². The molecule has 15 heavy (non-hydrogen) atoms.